The fraction of sp³-hybridized carbons (Fsp3) is 0.231. The van der Waals surface area contributed by atoms with Gasteiger partial charge >= 0.3 is 0 Å². The molecule has 15 heavy (non-hydrogen) atoms. The number of aryl methyl sites for hydroxylation is 2. The molecule has 0 spiro atoms. The lowest BCUT2D eigenvalue weighted by atomic mass is 10.2. The number of benzene rings is 1. The molecule has 0 fully saturated rings. The standard InChI is InChI=1S/C13H14OS/c1-10-8-12(11(2)15-10)9-14-13-6-4-3-5-7-13/h3-8H,9H2,1-2H3. The van der Waals surface area contributed by atoms with E-state index in [2.05, 4.69) is 19.9 Å². The summed E-state index contributed by atoms with van der Waals surface area (Å²) >= 11 is 1.82. The molecular formula is C13H14OS. The molecule has 0 aliphatic heterocycles. The number of para-hydroxylation sites is 1. The van der Waals surface area contributed by atoms with Crippen molar-refractivity contribution in [3.05, 3.63) is 51.7 Å². The van der Waals surface area contributed by atoms with Gasteiger partial charge in [0.1, 0.15) is 12.4 Å². The Morgan fingerprint density at radius 3 is 2.47 bits per heavy atom. The molecule has 2 aromatic rings. The van der Waals surface area contributed by atoms with Crippen molar-refractivity contribution in [2.75, 3.05) is 0 Å². The first kappa shape index (κ1) is 10.2. The Hall–Kier alpha value is -1.28. The van der Waals surface area contributed by atoms with E-state index in [1.807, 2.05) is 41.7 Å². The molecular weight excluding hydrogens is 204 g/mol. The van der Waals surface area contributed by atoms with Gasteiger partial charge in [0, 0.05) is 15.3 Å². The first-order valence-electron chi connectivity index (χ1n) is 4.99. The molecule has 0 aliphatic rings. The van der Waals surface area contributed by atoms with E-state index in [4.69, 9.17) is 4.74 Å². The number of thiophene rings is 1. The summed E-state index contributed by atoms with van der Waals surface area (Å²) in [7, 11) is 0. The molecule has 1 nitrogen and oxygen atoms in total. The zero-order valence-corrected chi connectivity index (χ0v) is 9.80. The summed E-state index contributed by atoms with van der Waals surface area (Å²) in [5, 5.41) is 0. The summed E-state index contributed by atoms with van der Waals surface area (Å²) in [6.45, 7) is 4.94. The Morgan fingerprint density at radius 1 is 1.13 bits per heavy atom. The summed E-state index contributed by atoms with van der Waals surface area (Å²) in [4.78, 5) is 2.70. The lowest BCUT2D eigenvalue weighted by Crippen LogP contribution is -1.94. The van der Waals surface area contributed by atoms with Crippen LogP contribution in [0.5, 0.6) is 5.75 Å². The molecule has 78 valence electrons. The maximum atomic E-state index is 5.69. The van der Waals surface area contributed by atoms with E-state index in [1.54, 1.807) is 0 Å². The fourth-order valence-electron chi connectivity index (χ4n) is 1.50. The van der Waals surface area contributed by atoms with Crippen molar-refractivity contribution in [3.63, 3.8) is 0 Å². The minimum absolute atomic E-state index is 0.667. The fourth-order valence-corrected chi connectivity index (χ4v) is 2.44. The summed E-state index contributed by atoms with van der Waals surface area (Å²) in [6.07, 6.45) is 0. The average molecular weight is 218 g/mol. The molecule has 1 aromatic heterocycles. The predicted molar refractivity (Wildman–Crippen MR) is 64.6 cm³/mol. The van der Waals surface area contributed by atoms with Crippen LogP contribution in [0.25, 0.3) is 0 Å². The van der Waals surface area contributed by atoms with Crippen molar-refractivity contribution < 1.29 is 4.74 Å². The second-order valence-corrected chi connectivity index (χ2v) is 5.00. The van der Waals surface area contributed by atoms with E-state index in [-0.39, 0.29) is 0 Å². The monoisotopic (exact) mass is 218 g/mol. The molecule has 0 aliphatic carbocycles. The van der Waals surface area contributed by atoms with Crippen LogP contribution >= 0.6 is 11.3 Å². The second kappa shape index (κ2) is 4.49. The van der Waals surface area contributed by atoms with Gasteiger partial charge in [0.25, 0.3) is 0 Å². The predicted octanol–water partition coefficient (Wildman–Crippen LogP) is 3.94. The zero-order chi connectivity index (χ0) is 10.7. The third-order valence-corrected chi connectivity index (χ3v) is 3.29. The number of ether oxygens (including phenoxy) is 1. The van der Waals surface area contributed by atoms with Crippen LogP contribution in [0.2, 0.25) is 0 Å². The van der Waals surface area contributed by atoms with Crippen molar-refractivity contribution in [2.24, 2.45) is 0 Å². The van der Waals surface area contributed by atoms with Gasteiger partial charge in [-0.3, -0.25) is 0 Å². The Labute approximate surface area is 94.3 Å². The van der Waals surface area contributed by atoms with Crippen LogP contribution in [0.15, 0.2) is 36.4 Å². The lowest BCUT2D eigenvalue weighted by molar-refractivity contribution is 0.306. The van der Waals surface area contributed by atoms with Crippen LogP contribution < -0.4 is 4.74 Å². The second-order valence-electron chi connectivity index (χ2n) is 3.54. The molecule has 1 heterocycles. The van der Waals surface area contributed by atoms with Crippen LogP contribution in [-0.2, 0) is 6.61 Å². The van der Waals surface area contributed by atoms with Crippen molar-refractivity contribution in [1.82, 2.24) is 0 Å². The summed E-state index contributed by atoms with van der Waals surface area (Å²) in [5.74, 6) is 0.931. The van der Waals surface area contributed by atoms with Crippen LogP contribution in [0, 0.1) is 13.8 Å². The zero-order valence-electron chi connectivity index (χ0n) is 8.99. The topological polar surface area (TPSA) is 9.23 Å². The van der Waals surface area contributed by atoms with Gasteiger partial charge in [-0.15, -0.1) is 11.3 Å². The van der Waals surface area contributed by atoms with Crippen LogP contribution in [0.1, 0.15) is 15.3 Å². The molecule has 1 aromatic carbocycles. The van der Waals surface area contributed by atoms with Gasteiger partial charge in [0.15, 0.2) is 0 Å². The quantitative estimate of drug-likeness (QED) is 0.758. The third-order valence-electron chi connectivity index (χ3n) is 2.28. The maximum absolute atomic E-state index is 5.69. The van der Waals surface area contributed by atoms with Crippen LogP contribution in [0.4, 0.5) is 0 Å². The molecule has 0 N–H and O–H groups in total. The van der Waals surface area contributed by atoms with E-state index in [0.717, 1.165) is 5.75 Å². The molecule has 0 amide bonds. The van der Waals surface area contributed by atoms with Crippen molar-refractivity contribution >= 4 is 11.3 Å². The Morgan fingerprint density at radius 2 is 1.87 bits per heavy atom. The average Bonchev–Trinajstić information content (AvgIpc) is 2.56. The van der Waals surface area contributed by atoms with Gasteiger partial charge in [-0.25, -0.2) is 0 Å². The molecule has 2 rings (SSSR count). The summed E-state index contributed by atoms with van der Waals surface area (Å²) in [5.41, 5.74) is 1.29. The van der Waals surface area contributed by atoms with Gasteiger partial charge in [0.2, 0.25) is 0 Å². The highest BCUT2D eigenvalue weighted by Crippen LogP contribution is 2.22. The molecule has 0 bridgehead atoms. The largest absolute Gasteiger partial charge is 0.489 e. The normalized spacial score (nSPS) is 10.3. The molecule has 0 unspecified atom stereocenters. The Kier molecular flexibility index (Phi) is 3.07. The van der Waals surface area contributed by atoms with Crippen molar-refractivity contribution in [3.8, 4) is 5.75 Å². The highest BCUT2D eigenvalue weighted by molar-refractivity contribution is 7.12. The molecule has 2 heteroatoms. The van der Waals surface area contributed by atoms with Gasteiger partial charge in [-0.1, -0.05) is 18.2 Å². The molecule has 0 saturated carbocycles. The minimum atomic E-state index is 0.667. The van der Waals surface area contributed by atoms with Gasteiger partial charge < -0.3 is 4.74 Å². The van der Waals surface area contributed by atoms with Crippen molar-refractivity contribution in [1.29, 1.82) is 0 Å². The maximum Gasteiger partial charge on any atom is 0.119 e. The summed E-state index contributed by atoms with van der Waals surface area (Å²) in [6, 6.07) is 12.1. The first-order valence-corrected chi connectivity index (χ1v) is 5.81. The van der Waals surface area contributed by atoms with Crippen LogP contribution in [0.3, 0.4) is 0 Å². The van der Waals surface area contributed by atoms with E-state index in [0.29, 0.717) is 6.61 Å². The van der Waals surface area contributed by atoms with E-state index in [9.17, 15) is 0 Å². The Balaban J connectivity index is 2.02. The Bertz CT molecular complexity index is 431. The molecule has 0 atom stereocenters. The third kappa shape index (κ3) is 2.60. The lowest BCUT2D eigenvalue weighted by Gasteiger charge is -2.04. The highest BCUT2D eigenvalue weighted by atomic mass is 32.1. The highest BCUT2D eigenvalue weighted by Gasteiger charge is 2.03. The molecule has 0 radical (unpaired) electrons. The van der Waals surface area contributed by atoms with Gasteiger partial charge in [0.05, 0.1) is 0 Å². The van der Waals surface area contributed by atoms with E-state index in [1.165, 1.54) is 15.3 Å². The van der Waals surface area contributed by atoms with Crippen molar-refractivity contribution in [2.45, 2.75) is 20.5 Å². The van der Waals surface area contributed by atoms with E-state index < -0.39 is 0 Å². The van der Waals surface area contributed by atoms with Crippen LogP contribution in [-0.4, -0.2) is 0 Å². The number of rotatable bonds is 3. The van der Waals surface area contributed by atoms with Gasteiger partial charge in [-0.2, -0.15) is 0 Å². The smallest absolute Gasteiger partial charge is 0.119 e. The molecule has 0 saturated heterocycles. The summed E-state index contributed by atoms with van der Waals surface area (Å²) < 4.78 is 5.69. The van der Waals surface area contributed by atoms with E-state index >= 15 is 0 Å². The SMILES string of the molecule is Cc1cc(COc2ccccc2)c(C)s1. The number of hydrogen-bond acceptors (Lipinski definition) is 2. The first-order chi connectivity index (χ1) is 7.25. The van der Waals surface area contributed by atoms with Gasteiger partial charge in [-0.05, 0) is 32.0 Å². The number of hydrogen-bond donors (Lipinski definition) is 0. The minimum Gasteiger partial charge on any atom is -0.489 e.